The molecule has 0 saturated carbocycles. The van der Waals surface area contributed by atoms with Gasteiger partial charge in [0.15, 0.2) is 0 Å². The molecule has 0 aliphatic heterocycles. The van der Waals surface area contributed by atoms with Gasteiger partial charge in [-0.25, -0.2) is 0 Å². The molecule has 0 radical (unpaired) electrons. The molecule has 0 spiro atoms. The predicted octanol–water partition coefficient (Wildman–Crippen LogP) is 0.831. The number of aromatic nitrogens is 2. The van der Waals surface area contributed by atoms with E-state index in [2.05, 4.69) is 60.3 Å². The number of pyridine rings is 1. The van der Waals surface area contributed by atoms with Crippen molar-refractivity contribution in [2.45, 2.75) is 39.2 Å². The van der Waals surface area contributed by atoms with Crippen LogP contribution in [0.25, 0.3) is 19.9 Å². The first-order chi connectivity index (χ1) is 10.4. The maximum atomic E-state index is 4.77. The fraction of sp³-hybridized carbons (Fsp3) is 0.333. The molecule has 3 aromatic rings. The largest absolute Gasteiger partial charge is 1.00 e. The van der Waals surface area contributed by atoms with Gasteiger partial charge in [-0.2, -0.15) is 0 Å². The maximum absolute atomic E-state index is 4.77. The Morgan fingerprint density at radius 3 is 2.50 bits per heavy atom. The average Bonchev–Trinajstić information content (AvgIpc) is 2.96. The predicted molar refractivity (Wildman–Crippen MR) is 88.5 cm³/mol. The number of hydrogen-bond acceptors (Lipinski definition) is 1. The zero-order valence-electron chi connectivity index (χ0n) is 12.8. The Morgan fingerprint density at radius 1 is 1.00 bits per heavy atom. The van der Waals surface area contributed by atoms with Crippen LogP contribution in [0.2, 0.25) is 0 Å². The van der Waals surface area contributed by atoms with Gasteiger partial charge in [0.2, 0.25) is 0 Å². The minimum atomic E-state index is 0. The van der Waals surface area contributed by atoms with E-state index in [1.807, 2.05) is 0 Å². The molecule has 4 heteroatoms. The summed E-state index contributed by atoms with van der Waals surface area (Å²) in [5.41, 5.74) is 2.43. The molecule has 3 rings (SSSR count). The minimum absolute atomic E-state index is 0. The summed E-state index contributed by atoms with van der Waals surface area (Å²) in [5.74, 6) is 0. The molecule has 22 heavy (non-hydrogen) atoms. The minimum Gasteiger partial charge on any atom is -1.00 e. The van der Waals surface area contributed by atoms with Crippen molar-refractivity contribution in [2.24, 2.45) is 0 Å². The first kappa shape index (κ1) is 17.6. The van der Waals surface area contributed by atoms with Gasteiger partial charge >= 0.3 is 132 Å². The average molecular weight is 471 g/mol. The van der Waals surface area contributed by atoms with Crippen LogP contribution in [0.15, 0.2) is 48.8 Å². The van der Waals surface area contributed by atoms with Crippen LogP contribution in [0.1, 0.15) is 32.6 Å². The molecular weight excluding hydrogens is 450 g/mol. The summed E-state index contributed by atoms with van der Waals surface area (Å²) in [5, 5.41) is 0. The molecule has 116 valence electrons. The van der Waals surface area contributed by atoms with Crippen molar-refractivity contribution in [3.63, 3.8) is 0 Å². The summed E-state index contributed by atoms with van der Waals surface area (Å²) in [4.78, 5) is 4.77. The molecule has 0 aliphatic rings. The number of aryl methyl sites for hydroxylation is 1. The van der Waals surface area contributed by atoms with Crippen molar-refractivity contribution in [1.29, 1.82) is 0 Å². The van der Waals surface area contributed by atoms with Crippen LogP contribution in [-0.4, -0.2) is 19.5 Å². The van der Waals surface area contributed by atoms with E-state index in [-0.39, 0.29) is 24.0 Å². The summed E-state index contributed by atoms with van der Waals surface area (Å²) in [6, 6.07) is 12.9. The Labute approximate surface area is 155 Å². The van der Waals surface area contributed by atoms with Crippen molar-refractivity contribution >= 4 is 24.3 Å². The third-order valence-corrected chi connectivity index (χ3v) is 5.98. The van der Waals surface area contributed by atoms with Crippen LogP contribution in [0.4, 0.5) is 0 Å². The second kappa shape index (κ2) is 8.80. The Hall–Kier alpha value is -0.711. The van der Waals surface area contributed by atoms with Crippen molar-refractivity contribution in [2.75, 3.05) is 0 Å². The number of para-hydroxylation sites is 1. The molecule has 0 bridgehead atoms. The smallest absolute Gasteiger partial charge is 1.00 e. The molecular formula is C18H21IN2Se. The molecule has 2 aromatic heterocycles. The third-order valence-electron chi connectivity index (χ3n) is 3.70. The van der Waals surface area contributed by atoms with E-state index < -0.39 is 0 Å². The Morgan fingerprint density at radius 2 is 1.77 bits per heavy atom. The quantitative estimate of drug-likeness (QED) is 0.226. The van der Waals surface area contributed by atoms with E-state index >= 15 is 0 Å². The van der Waals surface area contributed by atoms with Crippen LogP contribution in [0.3, 0.4) is 0 Å². The summed E-state index contributed by atoms with van der Waals surface area (Å²) in [6.07, 6.45) is 9.64. The van der Waals surface area contributed by atoms with Crippen LogP contribution in [0.5, 0.6) is 0 Å². The maximum Gasteiger partial charge on any atom is -1.00 e. The Bertz CT molecular complexity index is 673. The molecule has 0 unspecified atom stereocenters. The van der Waals surface area contributed by atoms with Crippen molar-refractivity contribution in [3.05, 3.63) is 48.8 Å². The van der Waals surface area contributed by atoms with E-state index in [0.717, 1.165) is 12.1 Å². The first-order valence-corrected chi connectivity index (χ1v) is 9.43. The van der Waals surface area contributed by atoms with Gasteiger partial charge in [-0.15, -0.1) is 0 Å². The molecule has 2 nitrogen and oxygen atoms in total. The Kier molecular flexibility index (Phi) is 7.06. The molecule has 0 atom stereocenters. The molecule has 0 amide bonds. The number of benzene rings is 1. The van der Waals surface area contributed by atoms with Gasteiger partial charge < -0.3 is 24.0 Å². The molecule has 0 N–H and O–H groups in total. The monoisotopic (exact) mass is 472 g/mol. The molecule has 0 aliphatic carbocycles. The molecule has 1 aromatic carbocycles. The Balaban J connectivity index is 0.00000176. The number of rotatable bonds is 6. The SMILES string of the molecule is CCCCCC[n+]1ccc(-c2nc3ccccc3[se]2)cc1.[I-]. The number of halogens is 1. The zero-order chi connectivity index (χ0) is 14.5. The van der Waals surface area contributed by atoms with Gasteiger partial charge in [-0.3, -0.25) is 0 Å². The molecule has 0 saturated heterocycles. The van der Waals surface area contributed by atoms with E-state index in [4.69, 9.17) is 4.98 Å². The zero-order valence-corrected chi connectivity index (χ0v) is 16.7. The normalized spacial score (nSPS) is 10.6. The van der Waals surface area contributed by atoms with Crippen molar-refractivity contribution < 1.29 is 28.5 Å². The first-order valence-electron chi connectivity index (χ1n) is 7.72. The van der Waals surface area contributed by atoms with Gasteiger partial charge in [0.25, 0.3) is 0 Å². The van der Waals surface area contributed by atoms with E-state index in [1.165, 1.54) is 40.1 Å². The molecule has 0 fully saturated rings. The van der Waals surface area contributed by atoms with Crippen LogP contribution < -0.4 is 28.5 Å². The summed E-state index contributed by atoms with van der Waals surface area (Å²) in [6.45, 7) is 3.38. The summed E-state index contributed by atoms with van der Waals surface area (Å²) < 4.78 is 4.94. The topological polar surface area (TPSA) is 16.8 Å². The van der Waals surface area contributed by atoms with Crippen LogP contribution >= 0.6 is 0 Å². The van der Waals surface area contributed by atoms with Gasteiger partial charge in [0.05, 0.1) is 0 Å². The number of unbranched alkanes of at least 4 members (excludes halogenated alkanes) is 3. The summed E-state index contributed by atoms with van der Waals surface area (Å²) in [7, 11) is 0. The second-order valence-electron chi connectivity index (χ2n) is 5.37. The van der Waals surface area contributed by atoms with Gasteiger partial charge in [0.1, 0.15) is 0 Å². The van der Waals surface area contributed by atoms with Crippen LogP contribution in [0, 0.1) is 0 Å². The number of hydrogen-bond donors (Lipinski definition) is 0. The van der Waals surface area contributed by atoms with E-state index in [9.17, 15) is 0 Å². The van der Waals surface area contributed by atoms with E-state index in [1.54, 1.807) is 0 Å². The fourth-order valence-corrected chi connectivity index (χ4v) is 4.50. The second-order valence-corrected chi connectivity index (χ2v) is 7.53. The summed E-state index contributed by atoms with van der Waals surface area (Å²) >= 11 is 0.351. The fourth-order valence-electron chi connectivity index (χ4n) is 2.47. The van der Waals surface area contributed by atoms with Gasteiger partial charge in [0, 0.05) is 0 Å². The van der Waals surface area contributed by atoms with Gasteiger partial charge in [-0.1, -0.05) is 0 Å². The number of fused-ring (bicyclic) bond motifs is 1. The standard InChI is InChI=1S/C18H21N2Se.HI/c1-2-3-4-7-12-20-13-10-15(11-14-20)18-19-16-8-5-6-9-17(16)21-18;/h5-6,8-11,13-14H,2-4,7,12H2,1H3;1H/q+1;/p-1. The third kappa shape index (κ3) is 4.40. The van der Waals surface area contributed by atoms with Crippen molar-refractivity contribution in [1.82, 2.24) is 4.98 Å². The van der Waals surface area contributed by atoms with E-state index in [0.29, 0.717) is 14.5 Å². The van der Waals surface area contributed by atoms with Gasteiger partial charge in [-0.05, 0) is 0 Å². The van der Waals surface area contributed by atoms with Crippen LogP contribution in [-0.2, 0) is 6.54 Å². The molecule has 2 heterocycles. The number of nitrogens with zero attached hydrogens (tertiary/aromatic N) is 2. The van der Waals surface area contributed by atoms with Crippen molar-refractivity contribution in [3.8, 4) is 10.1 Å².